The van der Waals surface area contributed by atoms with Crippen molar-refractivity contribution in [3.8, 4) is 0 Å². The van der Waals surface area contributed by atoms with Crippen LogP contribution in [0.3, 0.4) is 0 Å². The molecule has 0 aromatic heterocycles. The third kappa shape index (κ3) is 1.89. The van der Waals surface area contributed by atoms with Gasteiger partial charge in [0, 0.05) is 6.04 Å². The van der Waals surface area contributed by atoms with Gasteiger partial charge in [0.25, 0.3) is 0 Å². The highest BCUT2D eigenvalue weighted by atomic mass is 16.2. The van der Waals surface area contributed by atoms with Crippen molar-refractivity contribution in [2.24, 2.45) is 0 Å². The lowest BCUT2D eigenvalue weighted by Crippen LogP contribution is -2.60. The van der Waals surface area contributed by atoms with E-state index in [9.17, 15) is 9.59 Å². The maximum atomic E-state index is 11.6. The molecule has 14 heavy (non-hydrogen) atoms. The Morgan fingerprint density at radius 2 is 2.00 bits per heavy atom. The smallest absolute Gasteiger partial charge is 0.242 e. The van der Waals surface area contributed by atoms with Gasteiger partial charge >= 0.3 is 0 Å². The third-order valence-corrected chi connectivity index (χ3v) is 2.83. The average Bonchev–Trinajstić information content (AvgIpc) is 2.19. The van der Waals surface area contributed by atoms with Crippen LogP contribution in [0.2, 0.25) is 0 Å². The summed E-state index contributed by atoms with van der Waals surface area (Å²) in [5.74, 6) is -0.0118. The van der Waals surface area contributed by atoms with Crippen LogP contribution in [-0.2, 0) is 9.59 Å². The van der Waals surface area contributed by atoms with Crippen molar-refractivity contribution in [1.82, 2.24) is 10.2 Å². The molecule has 1 N–H and O–H groups in total. The summed E-state index contributed by atoms with van der Waals surface area (Å²) in [7, 11) is 0. The zero-order valence-corrected chi connectivity index (χ0v) is 9.04. The van der Waals surface area contributed by atoms with Crippen LogP contribution >= 0.6 is 0 Å². The molecule has 0 saturated carbocycles. The monoisotopic (exact) mass is 198 g/mol. The van der Waals surface area contributed by atoms with E-state index in [4.69, 9.17) is 0 Å². The molecule has 1 aliphatic rings. The first-order valence-corrected chi connectivity index (χ1v) is 5.20. The Morgan fingerprint density at radius 3 is 2.50 bits per heavy atom. The second-order valence-electron chi connectivity index (χ2n) is 3.67. The minimum Gasteiger partial charge on any atom is -0.345 e. The molecule has 0 aromatic carbocycles. The zero-order valence-electron chi connectivity index (χ0n) is 9.04. The summed E-state index contributed by atoms with van der Waals surface area (Å²) < 4.78 is 0. The van der Waals surface area contributed by atoms with E-state index in [1.54, 1.807) is 11.8 Å². The summed E-state index contributed by atoms with van der Waals surface area (Å²) in [4.78, 5) is 24.7. The number of rotatable bonds is 3. The Morgan fingerprint density at radius 1 is 1.43 bits per heavy atom. The van der Waals surface area contributed by atoms with E-state index in [0.29, 0.717) is 0 Å². The topological polar surface area (TPSA) is 49.4 Å². The van der Waals surface area contributed by atoms with Gasteiger partial charge in [-0.2, -0.15) is 0 Å². The molecule has 4 heteroatoms. The standard InChI is InChI=1S/C10H18N2O2/c1-4-8(5-2)12-7(3)10(14)11-6-9(12)13/h7-8H,4-6H2,1-3H3,(H,11,14). The fraction of sp³-hybridized carbons (Fsp3) is 0.800. The highest BCUT2D eigenvalue weighted by Gasteiger charge is 2.34. The van der Waals surface area contributed by atoms with E-state index in [-0.39, 0.29) is 30.4 Å². The molecule has 80 valence electrons. The summed E-state index contributed by atoms with van der Waals surface area (Å²) in [6, 6.07) is -0.121. The fourth-order valence-electron chi connectivity index (χ4n) is 1.95. The predicted octanol–water partition coefficient (Wildman–Crippen LogP) is 0.522. The number of piperazine rings is 1. The van der Waals surface area contributed by atoms with Gasteiger partial charge < -0.3 is 10.2 Å². The van der Waals surface area contributed by atoms with Gasteiger partial charge in [-0.15, -0.1) is 0 Å². The summed E-state index contributed by atoms with van der Waals surface area (Å²) >= 11 is 0. The van der Waals surface area contributed by atoms with Crippen LogP contribution in [0, 0.1) is 0 Å². The Labute approximate surface area is 84.7 Å². The first-order valence-electron chi connectivity index (χ1n) is 5.20. The third-order valence-electron chi connectivity index (χ3n) is 2.83. The Balaban J connectivity index is 2.80. The van der Waals surface area contributed by atoms with Gasteiger partial charge in [-0.25, -0.2) is 0 Å². The molecule has 0 bridgehead atoms. The van der Waals surface area contributed by atoms with E-state index in [0.717, 1.165) is 12.8 Å². The summed E-state index contributed by atoms with van der Waals surface area (Å²) in [6.07, 6.45) is 1.81. The SMILES string of the molecule is CCC(CC)N1C(=O)CNC(=O)C1C. The molecule has 0 aromatic rings. The van der Waals surface area contributed by atoms with Crippen LogP contribution in [0.1, 0.15) is 33.6 Å². The number of hydrogen-bond acceptors (Lipinski definition) is 2. The van der Waals surface area contributed by atoms with Crippen molar-refractivity contribution >= 4 is 11.8 Å². The molecule has 4 nitrogen and oxygen atoms in total. The van der Waals surface area contributed by atoms with Gasteiger partial charge in [0.2, 0.25) is 11.8 Å². The number of hydrogen-bond donors (Lipinski definition) is 1. The Kier molecular flexibility index (Phi) is 3.49. The number of amides is 2. The molecule has 0 spiro atoms. The van der Waals surface area contributed by atoms with Gasteiger partial charge in [0.05, 0.1) is 6.54 Å². The van der Waals surface area contributed by atoms with Crippen LogP contribution in [0.5, 0.6) is 0 Å². The number of nitrogens with one attached hydrogen (secondary N) is 1. The van der Waals surface area contributed by atoms with Crippen molar-refractivity contribution in [2.45, 2.75) is 45.7 Å². The van der Waals surface area contributed by atoms with Crippen LogP contribution in [0.4, 0.5) is 0 Å². The van der Waals surface area contributed by atoms with Crippen molar-refractivity contribution in [1.29, 1.82) is 0 Å². The molecule has 1 saturated heterocycles. The average molecular weight is 198 g/mol. The highest BCUT2D eigenvalue weighted by molar-refractivity contribution is 5.94. The summed E-state index contributed by atoms with van der Waals surface area (Å²) in [5.41, 5.74) is 0. The lowest BCUT2D eigenvalue weighted by Gasteiger charge is -2.38. The predicted molar refractivity (Wildman–Crippen MR) is 53.7 cm³/mol. The lowest BCUT2D eigenvalue weighted by molar-refractivity contribution is -0.147. The van der Waals surface area contributed by atoms with Gasteiger partial charge in [-0.1, -0.05) is 13.8 Å². The molecular weight excluding hydrogens is 180 g/mol. The number of carbonyl (C=O) groups excluding carboxylic acids is 2. The van der Waals surface area contributed by atoms with E-state index in [1.807, 2.05) is 13.8 Å². The number of carbonyl (C=O) groups is 2. The molecule has 1 rings (SSSR count). The molecule has 1 unspecified atom stereocenters. The molecule has 1 atom stereocenters. The molecule has 0 aliphatic carbocycles. The van der Waals surface area contributed by atoms with Crippen LogP contribution in [0.15, 0.2) is 0 Å². The normalized spacial score (nSPS) is 22.9. The fourth-order valence-corrected chi connectivity index (χ4v) is 1.95. The van der Waals surface area contributed by atoms with Crippen molar-refractivity contribution in [3.63, 3.8) is 0 Å². The van der Waals surface area contributed by atoms with E-state index in [2.05, 4.69) is 5.32 Å². The first kappa shape index (κ1) is 11.0. The van der Waals surface area contributed by atoms with E-state index in [1.165, 1.54) is 0 Å². The van der Waals surface area contributed by atoms with E-state index < -0.39 is 0 Å². The van der Waals surface area contributed by atoms with Crippen molar-refractivity contribution < 1.29 is 9.59 Å². The maximum absolute atomic E-state index is 11.6. The second-order valence-corrected chi connectivity index (χ2v) is 3.67. The summed E-state index contributed by atoms with van der Waals surface area (Å²) in [5, 5.41) is 2.58. The summed E-state index contributed by atoms with van der Waals surface area (Å²) in [6.45, 7) is 6.02. The van der Waals surface area contributed by atoms with Gasteiger partial charge in [0.1, 0.15) is 6.04 Å². The Hall–Kier alpha value is -1.06. The van der Waals surface area contributed by atoms with Gasteiger partial charge in [-0.05, 0) is 19.8 Å². The maximum Gasteiger partial charge on any atom is 0.242 e. The molecule has 1 fully saturated rings. The lowest BCUT2D eigenvalue weighted by atomic mass is 10.1. The van der Waals surface area contributed by atoms with Crippen molar-refractivity contribution in [2.75, 3.05) is 6.54 Å². The Bertz CT molecular complexity index is 236. The minimum atomic E-state index is -0.318. The largest absolute Gasteiger partial charge is 0.345 e. The second kappa shape index (κ2) is 4.44. The molecule has 1 heterocycles. The molecule has 0 radical (unpaired) electrons. The minimum absolute atomic E-state index is 0.0331. The number of nitrogens with zero attached hydrogens (tertiary/aromatic N) is 1. The molecule has 2 amide bonds. The first-order chi connectivity index (χ1) is 6.61. The van der Waals surface area contributed by atoms with Gasteiger partial charge in [-0.3, -0.25) is 9.59 Å². The highest BCUT2D eigenvalue weighted by Crippen LogP contribution is 2.15. The molecule has 1 aliphatic heterocycles. The van der Waals surface area contributed by atoms with E-state index >= 15 is 0 Å². The van der Waals surface area contributed by atoms with Crippen LogP contribution < -0.4 is 5.32 Å². The van der Waals surface area contributed by atoms with Crippen LogP contribution in [-0.4, -0.2) is 35.3 Å². The molecular formula is C10H18N2O2. The van der Waals surface area contributed by atoms with Crippen molar-refractivity contribution in [3.05, 3.63) is 0 Å². The van der Waals surface area contributed by atoms with Gasteiger partial charge in [0.15, 0.2) is 0 Å². The quantitative estimate of drug-likeness (QED) is 0.718. The zero-order chi connectivity index (χ0) is 10.7. The van der Waals surface area contributed by atoms with Crippen LogP contribution in [0.25, 0.3) is 0 Å².